The highest BCUT2D eigenvalue weighted by Crippen LogP contribution is 2.24. The largest absolute Gasteiger partial charge is 0.454 e. The fourth-order valence-corrected chi connectivity index (χ4v) is 2.59. The molecule has 0 bridgehead atoms. The van der Waals surface area contributed by atoms with Gasteiger partial charge in [-0.25, -0.2) is 4.79 Å². The summed E-state index contributed by atoms with van der Waals surface area (Å²) in [6, 6.07) is 11.6. The van der Waals surface area contributed by atoms with Crippen LogP contribution in [0, 0.1) is 17.0 Å². The molecule has 0 radical (unpaired) electrons. The molecule has 6 heteroatoms. The van der Waals surface area contributed by atoms with E-state index in [0.29, 0.717) is 17.0 Å². The molecule has 0 spiro atoms. The number of nitro benzene ring substituents is 1. The topological polar surface area (TPSA) is 86.5 Å². The molecule has 0 saturated carbocycles. The lowest BCUT2D eigenvalue weighted by Gasteiger charge is -2.10. The number of rotatable bonds is 7. The maximum Gasteiger partial charge on any atom is 0.345 e. The van der Waals surface area contributed by atoms with Crippen molar-refractivity contribution < 1.29 is 19.2 Å². The minimum absolute atomic E-state index is 0.157. The maximum absolute atomic E-state index is 12.2. The molecule has 0 fully saturated rings. The predicted octanol–water partition coefficient (Wildman–Crippen LogP) is 4.46. The summed E-state index contributed by atoms with van der Waals surface area (Å²) < 4.78 is 5.00. The van der Waals surface area contributed by atoms with E-state index in [1.165, 1.54) is 12.1 Å². The summed E-state index contributed by atoms with van der Waals surface area (Å²) in [5.41, 5.74) is 1.47. The Morgan fingerprint density at radius 3 is 2.38 bits per heavy atom. The zero-order valence-electron chi connectivity index (χ0n) is 15.0. The molecule has 136 valence electrons. The smallest absolute Gasteiger partial charge is 0.345 e. The Labute approximate surface area is 151 Å². The van der Waals surface area contributed by atoms with Crippen molar-refractivity contribution in [3.63, 3.8) is 0 Å². The first-order chi connectivity index (χ1) is 12.3. The number of hydrogen-bond acceptors (Lipinski definition) is 5. The van der Waals surface area contributed by atoms with Crippen LogP contribution >= 0.6 is 0 Å². The van der Waals surface area contributed by atoms with Gasteiger partial charge in [-0.1, -0.05) is 50.2 Å². The third-order valence-corrected chi connectivity index (χ3v) is 4.39. The van der Waals surface area contributed by atoms with Gasteiger partial charge in [-0.15, -0.1) is 0 Å². The van der Waals surface area contributed by atoms with Crippen LogP contribution in [0.3, 0.4) is 0 Å². The van der Waals surface area contributed by atoms with Gasteiger partial charge in [0.1, 0.15) is 5.56 Å². The lowest BCUT2D eigenvalue weighted by Crippen LogP contribution is -2.15. The van der Waals surface area contributed by atoms with Gasteiger partial charge in [0.05, 0.1) is 4.92 Å². The van der Waals surface area contributed by atoms with Crippen molar-refractivity contribution >= 4 is 17.4 Å². The molecular formula is C20H21NO5. The average Bonchev–Trinajstić information content (AvgIpc) is 2.64. The number of nitrogens with zero attached hydrogens (tertiary/aromatic N) is 1. The number of esters is 1. The van der Waals surface area contributed by atoms with E-state index < -0.39 is 17.5 Å². The molecule has 0 heterocycles. The Balaban J connectivity index is 2.07. The van der Waals surface area contributed by atoms with Crippen molar-refractivity contribution in [2.75, 3.05) is 6.61 Å². The zero-order chi connectivity index (χ0) is 19.3. The van der Waals surface area contributed by atoms with Gasteiger partial charge in [0.15, 0.2) is 12.4 Å². The second-order valence-electron chi connectivity index (χ2n) is 6.16. The van der Waals surface area contributed by atoms with E-state index in [4.69, 9.17) is 4.74 Å². The van der Waals surface area contributed by atoms with Gasteiger partial charge in [0.25, 0.3) is 5.69 Å². The minimum Gasteiger partial charge on any atom is -0.454 e. The highest BCUT2D eigenvalue weighted by Gasteiger charge is 2.24. The highest BCUT2D eigenvalue weighted by molar-refractivity contribution is 6.00. The lowest BCUT2D eigenvalue weighted by atomic mass is 9.97. The van der Waals surface area contributed by atoms with Crippen LogP contribution in [0.4, 0.5) is 5.69 Å². The number of nitro groups is 1. The second-order valence-corrected chi connectivity index (χ2v) is 6.16. The monoisotopic (exact) mass is 355 g/mol. The summed E-state index contributed by atoms with van der Waals surface area (Å²) in [7, 11) is 0. The second kappa shape index (κ2) is 8.38. The number of Topliss-reactive ketones (excluding diaryl/α,β-unsaturated/α-hetero) is 1. The number of hydrogen-bond donors (Lipinski definition) is 0. The van der Waals surface area contributed by atoms with Gasteiger partial charge < -0.3 is 4.74 Å². The van der Waals surface area contributed by atoms with Crippen molar-refractivity contribution in [3.05, 3.63) is 74.8 Å². The van der Waals surface area contributed by atoms with Crippen LogP contribution in [-0.2, 0) is 4.74 Å². The fourth-order valence-electron chi connectivity index (χ4n) is 2.59. The molecule has 2 aromatic carbocycles. The molecule has 0 aliphatic carbocycles. The summed E-state index contributed by atoms with van der Waals surface area (Å²) in [5.74, 6) is -0.840. The maximum atomic E-state index is 12.2. The van der Waals surface area contributed by atoms with Crippen molar-refractivity contribution in [1.29, 1.82) is 0 Å². The molecule has 0 aliphatic rings. The minimum atomic E-state index is -0.884. The Morgan fingerprint density at radius 2 is 1.81 bits per heavy atom. The summed E-state index contributed by atoms with van der Waals surface area (Å²) in [6.07, 6.45) is 1.00. The molecule has 0 amide bonds. The summed E-state index contributed by atoms with van der Waals surface area (Å²) in [4.78, 5) is 34.9. The molecule has 2 aromatic rings. The average molecular weight is 355 g/mol. The normalized spacial score (nSPS) is 11.7. The van der Waals surface area contributed by atoms with Crippen molar-refractivity contribution in [2.24, 2.45) is 0 Å². The Hall–Kier alpha value is -3.02. The molecule has 0 aromatic heterocycles. The van der Waals surface area contributed by atoms with Crippen molar-refractivity contribution in [3.8, 4) is 0 Å². The number of carbonyl (C=O) groups is 2. The number of para-hydroxylation sites is 1. The van der Waals surface area contributed by atoms with Crippen LogP contribution in [-0.4, -0.2) is 23.3 Å². The van der Waals surface area contributed by atoms with Gasteiger partial charge >= 0.3 is 5.97 Å². The number of carbonyl (C=O) groups excluding carboxylic acids is 2. The molecule has 0 unspecified atom stereocenters. The van der Waals surface area contributed by atoms with E-state index in [2.05, 4.69) is 13.8 Å². The van der Waals surface area contributed by atoms with Gasteiger partial charge in [0.2, 0.25) is 0 Å². The SMILES string of the molecule is CC[C@@H](C)c1ccc(C(=O)COC(=O)c2cccc(C)c2[N+](=O)[O-])cc1. The number of aryl methyl sites for hydroxylation is 1. The third kappa shape index (κ3) is 4.33. The molecule has 0 saturated heterocycles. The first-order valence-electron chi connectivity index (χ1n) is 8.39. The number of ether oxygens (including phenoxy) is 1. The molecule has 0 aliphatic heterocycles. The van der Waals surface area contributed by atoms with Crippen molar-refractivity contribution in [1.82, 2.24) is 0 Å². The van der Waals surface area contributed by atoms with E-state index in [1.807, 2.05) is 12.1 Å². The summed E-state index contributed by atoms with van der Waals surface area (Å²) >= 11 is 0. The van der Waals surface area contributed by atoms with Crippen LogP contribution in [0.2, 0.25) is 0 Å². The first kappa shape index (κ1) is 19.3. The Kier molecular flexibility index (Phi) is 6.22. The van der Waals surface area contributed by atoms with Gasteiger partial charge in [-0.3, -0.25) is 14.9 Å². The zero-order valence-corrected chi connectivity index (χ0v) is 15.0. The summed E-state index contributed by atoms with van der Waals surface area (Å²) in [5, 5.41) is 11.1. The van der Waals surface area contributed by atoms with Crippen LogP contribution in [0.5, 0.6) is 0 Å². The van der Waals surface area contributed by atoms with E-state index in [9.17, 15) is 19.7 Å². The number of benzene rings is 2. The molecular weight excluding hydrogens is 334 g/mol. The molecule has 26 heavy (non-hydrogen) atoms. The van der Waals surface area contributed by atoms with Crippen LogP contribution in [0.1, 0.15) is 58.0 Å². The molecule has 6 nitrogen and oxygen atoms in total. The predicted molar refractivity (Wildman–Crippen MR) is 97.6 cm³/mol. The number of ketones is 1. The lowest BCUT2D eigenvalue weighted by molar-refractivity contribution is -0.385. The highest BCUT2D eigenvalue weighted by atomic mass is 16.6. The summed E-state index contributed by atoms with van der Waals surface area (Å²) in [6.45, 7) is 5.27. The third-order valence-electron chi connectivity index (χ3n) is 4.39. The molecule has 1 atom stereocenters. The van der Waals surface area contributed by atoms with E-state index >= 15 is 0 Å². The standard InChI is InChI=1S/C20H21NO5/c1-4-13(2)15-8-10-16(11-9-15)18(22)12-26-20(23)17-7-5-6-14(3)19(17)21(24)25/h5-11,13H,4,12H2,1-3H3/t13-/m1/s1. The van der Waals surface area contributed by atoms with Gasteiger partial charge in [0, 0.05) is 11.1 Å². The van der Waals surface area contributed by atoms with Crippen LogP contribution in [0.15, 0.2) is 42.5 Å². The molecule has 0 N–H and O–H groups in total. The van der Waals surface area contributed by atoms with Crippen LogP contribution < -0.4 is 0 Å². The first-order valence-corrected chi connectivity index (χ1v) is 8.39. The quantitative estimate of drug-likeness (QED) is 0.317. The Bertz CT molecular complexity index is 827. The van der Waals surface area contributed by atoms with Crippen molar-refractivity contribution in [2.45, 2.75) is 33.1 Å². The molecule has 2 rings (SSSR count). The van der Waals surface area contributed by atoms with Gasteiger partial charge in [-0.05, 0) is 30.9 Å². The fraction of sp³-hybridized carbons (Fsp3) is 0.300. The van der Waals surface area contributed by atoms with Crippen LogP contribution in [0.25, 0.3) is 0 Å². The Morgan fingerprint density at radius 1 is 1.15 bits per heavy atom. The van der Waals surface area contributed by atoms with E-state index in [-0.39, 0.29) is 17.0 Å². The van der Waals surface area contributed by atoms with Gasteiger partial charge in [-0.2, -0.15) is 0 Å². The van der Waals surface area contributed by atoms with E-state index in [1.54, 1.807) is 25.1 Å². The van der Waals surface area contributed by atoms with E-state index in [0.717, 1.165) is 12.0 Å².